The van der Waals surface area contributed by atoms with Gasteiger partial charge in [0.25, 0.3) is 0 Å². The van der Waals surface area contributed by atoms with Crippen LogP contribution in [0.3, 0.4) is 0 Å². The van der Waals surface area contributed by atoms with E-state index in [1.54, 1.807) is 0 Å². The van der Waals surface area contributed by atoms with Crippen molar-refractivity contribution in [3.05, 3.63) is 23.8 Å². The van der Waals surface area contributed by atoms with E-state index in [1.165, 1.54) is 5.56 Å². The molecule has 0 aliphatic carbocycles. The van der Waals surface area contributed by atoms with Crippen LogP contribution in [0, 0.1) is 0 Å². The Bertz CT molecular complexity index is 365. The monoisotopic (exact) mass is 235 g/mol. The normalized spacial score (nSPS) is 16.4. The van der Waals surface area contributed by atoms with Crippen LogP contribution in [0.1, 0.15) is 25.8 Å². The maximum absolute atomic E-state index is 5.69. The predicted octanol–water partition coefficient (Wildman–Crippen LogP) is 2.39. The van der Waals surface area contributed by atoms with Crippen molar-refractivity contribution < 1.29 is 9.47 Å². The molecule has 1 unspecified atom stereocenters. The van der Waals surface area contributed by atoms with Crippen LogP contribution in [0.2, 0.25) is 0 Å². The van der Waals surface area contributed by atoms with Gasteiger partial charge in [-0.1, -0.05) is 13.0 Å². The molecular weight excluding hydrogens is 214 g/mol. The zero-order valence-corrected chi connectivity index (χ0v) is 10.7. The van der Waals surface area contributed by atoms with Crippen molar-refractivity contribution in [1.82, 2.24) is 5.32 Å². The van der Waals surface area contributed by atoms with Gasteiger partial charge in [-0.25, -0.2) is 0 Å². The fraction of sp³-hybridized carbons (Fsp3) is 0.571. The van der Waals surface area contributed by atoms with E-state index in [1.807, 2.05) is 6.07 Å². The fourth-order valence-corrected chi connectivity index (χ4v) is 2.11. The second-order valence-electron chi connectivity index (χ2n) is 4.49. The largest absolute Gasteiger partial charge is 0.490 e. The minimum atomic E-state index is 0.491. The number of fused-ring (bicyclic) bond motifs is 1. The maximum atomic E-state index is 5.69. The van der Waals surface area contributed by atoms with E-state index in [0.717, 1.165) is 44.1 Å². The lowest BCUT2D eigenvalue weighted by atomic mass is 10.1. The summed E-state index contributed by atoms with van der Waals surface area (Å²) in [5.41, 5.74) is 1.29. The molecule has 1 aromatic rings. The molecule has 0 saturated carbocycles. The summed E-state index contributed by atoms with van der Waals surface area (Å²) in [7, 11) is 0. The molecule has 1 aliphatic rings. The molecule has 1 N–H and O–H groups in total. The van der Waals surface area contributed by atoms with Crippen LogP contribution in [0.4, 0.5) is 0 Å². The van der Waals surface area contributed by atoms with E-state index >= 15 is 0 Å². The van der Waals surface area contributed by atoms with E-state index in [2.05, 4.69) is 31.3 Å². The van der Waals surface area contributed by atoms with E-state index < -0.39 is 0 Å². The summed E-state index contributed by atoms with van der Waals surface area (Å²) < 4.78 is 11.3. The number of likely N-dealkylation sites (N-methyl/N-ethyl adjacent to an activating group) is 1. The van der Waals surface area contributed by atoms with Crippen molar-refractivity contribution in [2.45, 2.75) is 32.7 Å². The topological polar surface area (TPSA) is 30.5 Å². The lowest BCUT2D eigenvalue weighted by Crippen LogP contribution is -2.27. The molecule has 0 aromatic heterocycles. The Hall–Kier alpha value is -1.22. The van der Waals surface area contributed by atoms with Gasteiger partial charge in [-0.2, -0.15) is 0 Å². The zero-order valence-electron chi connectivity index (χ0n) is 10.7. The second-order valence-corrected chi connectivity index (χ2v) is 4.49. The third-order valence-electron chi connectivity index (χ3n) is 2.91. The van der Waals surface area contributed by atoms with Crippen LogP contribution >= 0.6 is 0 Å². The molecule has 3 nitrogen and oxygen atoms in total. The van der Waals surface area contributed by atoms with Gasteiger partial charge in [-0.05, 0) is 37.6 Å². The van der Waals surface area contributed by atoms with Crippen molar-refractivity contribution in [2.24, 2.45) is 0 Å². The Morgan fingerprint density at radius 2 is 2.00 bits per heavy atom. The van der Waals surface area contributed by atoms with E-state index in [4.69, 9.17) is 9.47 Å². The smallest absolute Gasteiger partial charge is 0.161 e. The first-order valence-electron chi connectivity index (χ1n) is 6.41. The molecule has 0 bridgehead atoms. The lowest BCUT2D eigenvalue weighted by molar-refractivity contribution is 0.297. The van der Waals surface area contributed by atoms with Crippen LogP contribution < -0.4 is 14.8 Å². The van der Waals surface area contributed by atoms with Crippen LogP contribution in [0.25, 0.3) is 0 Å². The SMILES string of the molecule is CCNC(C)Cc1ccc2c(c1)OCCCO2. The van der Waals surface area contributed by atoms with Gasteiger partial charge >= 0.3 is 0 Å². The summed E-state index contributed by atoms with van der Waals surface area (Å²) in [4.78, 5) is 0. The third-order valence-corrected chi connectivity index (χ3v) is 2.91. The van der Waals surface area contributed by atoms with Crippen molar-refractivity contribution >= 4 is 0 Å². The molecule has 3 heteroatoms. The van der Waals surface area contributed by atoms with E-state index in [9.17, 15) is 0 Å². The van der Waals surface area contributed by atoms with E-state index in [-0.39, 0.29) is 0 Å². The number of rotatable bonds is 4. The minimum Gasteiger partial charge on any atom is -0.490 e. The highest BCUT2D eigenvalue weighted by Gasteiger charge is 2.11. The Morgan fingerprint density at radius 1 is 1.24 bits per heavy atom. The first-order chi connectivity index (χ1) is 8.29. The molecule has 2 rings (SSSR count). The summed E-state index contributed by atoms with van der Waals surface area (Å²) >= 11 is 0. The molecule has 0 amide bonds. The quantitative estimate of drug-likeness (QED) is 0.869. The van der Waals surface area contributed by atoms with Gasteiger partial charge in [0, 0.05) is 12.5 Å². The highest BCUT2D eigenvalue weighted by molar-refractivity contribution is 5.43. The molecule has 1 atom stereocenters. The molecule has 0 saturated heterocycles. The highest BCUT2D eigenvalue weighted by atomic mass is 16.5. The molecule has 0 fully saturated rings. The molecule has 17 heavy (non-hydrogen) atoms. The first-order valence-corrected chi connectivity index (χ1v) is 6.41. The van der Waals surface area contributed by atoms with Gasteiger partial charge in [0.05, 0.1) is 13.2 Å². The summed E-state index contributed by atoms with van der Waals surface area (Å²) in [6, 6.07) is 6.74. The number of ether oxygens (including phenoxy) is 2. The maximum Gasteiger partial charge on any atom is 0.161 e. The van der Waals surface area contributed by atoms with Crippen molar-refractivity contribution in [2.75, 3.05) is 19.8 Å². The van der Waals surface area contributed by atoms with Gasteiger partial charge in [0.1, 0.15) is 0 Å². The minimum absolute atomic E-state index is 0.491. The van der Waals surface area contributed by atoms with E-state index in [0.29, 0.717) is 6.04 Å². The average Bonchev–Trinajstić information content (AvgIpc) is 2.53. The van der Waals surface area contributed by atoms with Crippen molar-refractivity contribution in [3.8, 4) is 11.5 Å². The standard InChI is InChI=1S/C14H21NO2/c1-3-15-11(2)9-12-5-6-13-14(10-12)17-8-4-7-16-13/h5-6,10-11,15H,3-4,7-9H2,1-2H3. The molecule has 1 aromatic carbocycles. The molecule has 94 valence electrons. The Balaban J connectivity index is 2.07. The fourth-order valence-electron chi connectivity index (χ4n) is 2.11. The lowest BCUT2D eigenvalue weighted by Gasteiger charge is -2.14. The summed E-state index contributed by atoms with van der Waals surface area (Å²) in [5, 5.41) is 3.41. The Kier molecular flexibility index (Phi) is 4.26. The van der Waals surface area contributed by atoms with Gasteiger partial charge in [-0.15, -0.1) is 0 Å². The Morgan fingerprint density at radius 3 is 2.76 bits per heavy atom. The molecule has 0 radical (unpaired) electrons. The van der Waals surface area contributed by atoms with Gasteiger partial charge < -0.3 is 14.8 Å². The van der Waals surface area contributed by atoms with Crippen molar-refractivity contribution in [3.63, 3.8) is 0 Å². The number of hydrogen-bond acceptors (Lipinski definition) is 3. The average molecular weight is 235 g/mol. The van der Waals surface area contributed by atoms with Gasteiger partial charge in [0.2, 0.25) is 0 Å². The van der Waals surface area contributed by atoms with Gasteiger partial charge in [-0.3, -0.25) is 0 Å². The van der Waals surface area contributed by atoms with Crippen LogP contribution in [0.5, 0.6) is 11.5 Å². The number of benzene rings is 1. The zero-order chi connectivity index (χ0) is 12.1. The number of hydrogen-bond donors (Lipinski definition) is 1. The molecule has 0 spiro atoms. The highest BCUT2D eigenvalue weighted by Crippen LogP contribution is 2.30. The van der Waals surface area contributed by atoms with Crippen molar-refractivity contribution in [1.29, 1.82) is 0 Å². The summed E-state index contributed by atoms with van der Waals surface area (Å²) in [5.74, 6) is 1.77. The third kappa shape index (κ3) is 3.37. The van der Waals surface area contributed by atoms with Gasteiger partial charge in [0.15, 0.2) is 11.5 Å². The summed E-state index contributed by atoms with van der Waals surface area (Å²) in [6.07, 6.45) is 1.97. The molecule has 1 aliphatic heterocycles. The van der Waals surface area contributed by atoms with Crippen LogP contribution in [-0.4, -0.2) is 25.8 Å². The van der Waals surface area contributed by atoms with Crippen LogP contribution in [0.15, 0.2) is 18.2 Å². The first kappa shape index (κ1) is 12.2. The predicted molar refractivity (Wildman–Crippen MR) is 68.9 cm³/mol. The molecular formula is C14H21NO2. The van der Waals surface area contributed by atoms with Crippen LogP contribution in [-0.2, 0) is 6.42 Å². The summed E-state index contributed by atoms with van der Waals surface area (Å²) in [6.45, 7) is 6.84. The molecule has 1 heterocycles. The Labute approximate surface area is 103 Å². The second kappa shape index (κ2) is 5.92. The number of nitrogens with one attached hydrogen (secondary N) is 1.